The van der Waals surface area contributed by atoms with Crippen molar-refractivity contribution >= 4 is 0 Å². The van der Waals surface area contributed by atoms with E-state index in [0.29, 0.717) is 18.2 Å². The summed E-state index contributed by atoms with van der Waals surface area (Å²) in [6, 6.07) is 10.3. The molecular weight excluding hydrogens is 262 g/mol. The maximum Gasteiger partial charge on any atom is 0.0991 e. The van der Waals surface area contributed by atoms with Gasteiger partial charge in [-0.2, -0.15) is 5.26 Å². The van der Waals surface area contributed by atoms with Crippen LogP contribution in [0.4, 0.5) is 0 Å². The van der Waals surface area contributed by atoms with Gasteiger partial charge in [-0.25, -0.2) is 0 Å². The van der Waals surface area contributed by atoms with Crippen LogP contribution in [0.5, 0.6) is 0 Å². The summed E-state index contributed by atoms with van der Waals surface area (Å²) in [7, 11) is 0. The summed E-state index contributed by atoms with van der Waals surface area (Å²) < 4.78 is 0. The highest BCUT2D eigenvalue weighted by molar-refractivity contribution is 5.31. The van der Waals surface area contributed by atoms with Crippen molar-refractivity contribution in [2.45, 2.75) is 38.3 Å². The molecule has 0 aliphatic carbocycles. The van der Waals surface area contributed by atoms with E-state index in [4.69, 9.17) is 5.26 Å². The first-order valence-corrected chi connectivity index (χ1v) is 7.88. The largest absolute Gasteiger partial charge is 0.395 e. The molecule has 1 atom stereocenters. The van der Waals surface area contributed by atoms with Crippen molar-refractivity contribution in [1.82, 2.24) is 10.2 Å². The molecule has 0 bridgehead atoms. The van der Waals surface area contributed by atoms with Crippen LogP contribution < -0.4 is 5.32 Å². The summed E-state index contributed by atoms with van der Waals surface area (Å²) in [6.07, 6.45) is 4.71. The Hall–Kier alpha value is -1.41. The molecule has 0 saturated carbocycles. The van der Waals surface area contributed by atoms with E-state index >= 15 is 0 Å². The van der Waals surface area contributed by atoms with E-state index < -0.39 is 0 Å². The predicted octanol–water partition coefficient (Wildman–Crippen LogP) is 1.88. The third-order valence-electron chi connectivity index (χ3n) is 4.17. The lowest BCUT2D eigenvalue weighted by molar-refractivity contribution is 0.157. The molecule has 1 aromatic rings. The third kappa shape index (κ3) is 5.13. The van der Waals surface area contributed by atoms with E-state index in [1.54, 1.807) is 0 Å². The lowest BCUT2D eigenvalue weighted by atomic mass is 10.1. The molecule has 1 heterocycles. The van der Waals surface area contributed by atoms with E-state index in [2.05, 4.69) is 16.3 Å². The molecular formula is C17H25N3O. The van der Waals surface area contributed by atoms with Crippen LogP contribution in [0, 0.1) is 11.3 Å². The number of hydrogen-bond donors (Lipinski definition) is 2. The fourth-order valence-electron chi connectivity index (χ4n) is 2.89. The molecule has 4 heteroatoms. The maximum atomic E-state index is 9.27. The average molecular weight is 287 g/mol. The van der Waals surface area contributed by atoms with Gasteiger partial charge in [-0.05, 0) is 63.0 Å². The number of unbranched alkanes of at least 4 members (excludes halogenated alkanes) is 1. The van der Waals surface area contributed by atoms with E-state index in [9.17, 15) is 5.11 Å². The van der Waals surface area contributed by atoms with Gasteiger partial charge in [0.1, 0.15) is 0 Å². The van der Waals surface area contributed by atoms with Crippen molar-refractivity contribution in [1.29, 1.82) is 5.26 Å². The first-order valence-electron chi connectivity index (χ1n) is 7.88. The molecule has 1 fully saturated rings. The summed E-state index contributed by atoms with van der Waals surface area (Å²) in [5, 5.41) is 21.4. The first kappa shape index (κ1) is 16.0. The molecule has 21 heavy (non-hydrogen) atoms. The monoisotopic (exact) mass is 287 g/mol. The lowest BCUT2D eigenvalue weighted by Gasteiger charge is -2.22. The van der Waals surface area contributed by atoms with Crippen molar-refractivity contribution in [3.8, 4) is 6.07 Å². The molecule has 2 N–H and O–H groups in total. The molecule has 114 valence electrons. The van der Waals surface area contributed by atoms with E-state index in [0.717, 1.165) is 39.0 Å². The minimum atomic E-state index is 0.303. The SMILES string of the molecule is N#Cc1ccc(CNCCCCN2CCCC2CO)cc1. The molecule has 4 nitrogen and oxygen atoms in total. The van der Waals surface area contributed by atoms with Crippen LogP contribution in [0.3, 0.4) is 0 Å². The molecule has 1 aliphatic rings. The Balaban J connectivity index is 1.54. The number of likely N-dealkylation sites (tertiary alicyclic amines) is 1. The highest BCUT2D eigenvalue weighted by Gasteiger charge is 2.22. The Morgan fingerprint density at radius 2 is 2.10 bits per heavy atom. The van der Waals surface area contributed by atoms with Crippen LogP contribution >= 0.6 is 0 Å². The lowest BCUT2D eigenvalue weighted by Crippen LogP contribution is -2.33. The van der Waals surface area contributed by atoms with Gasteiger partial charge in [0.15, 0.2) is 0 Å². The Morgan fingerprint density at radius 3 is 2.81 bits per heavy atom. The molecule has 2 rings (SSSR count). The van der Waals surface area contributed by atoms with Crippen LogP contribution in [0.25, 0.3) is 0 Å². The van der Waals surface area contributed by atoms with Crippen molar-refractivity contribution in [3.05, 3.63) is 35.4 Å². The van der Waals surface area contributed by atoms with Gasteiger partial charge in [0, 0.05) is 12.6 Å². The van der Waals surface area contributed by atoms with Crippen molar-refractivity contribution in [3.63, 3.8) is 0 Å². The zero-order chi connectivity index (χ0) is 14.9. The highest BCUT2D eigenvalue weighted by Crippen LogP contribution is 2.16. The van der Waals surface area contributed by atoms with Gasteiger partial charge in [0.25, 0.3) is 0 Å². The highest BCUT2D eigenvalue weighted by atomic mass is 16.3. The fourth-order valence-corrected chi connectivity index (χ4v) is 2.89. The number of aliphatic hydroxyl groups excluding tert-OH is 1. The summed E-state index contributed by atoms with van der Waals surface area (Å²) in [4.78, 5) is 2.42. The third-order valence-corrected chi connectivity index (χ3v) is 4.17. The van der Waals surface area contributed by atoms with Crippen LogP contribution in [0.2, 0.25) is 0 Å². The predicted molar refractivity (Wildman–Crippen MR) is 83.8 cm³/mol. The van der Waals surface area contributed by atoms with Gasteiger partial charge in [-0.3, -0.25) is 4.90 Å². The summed E-state index contributed by atoms with van der Waals surface area (Å²) in [6.45, 7) is 4.41. The van der Waals surface area contributed by atoms with Crippen molar-refractivity contribution in [2.24, 2.45) is 0 Å². The zero-order valence-electron chi connectivity index (χ0n) is 12.6. The smallest absolute Gasteiger partial charge is 0.0991 e. The fraction of sp³-hybridized carbons (Fsp3) is 0.588. The second kappa shape index (κ2) is 8.78. The quantitative estimate of drug-likeness (QED) is 0.717. The second-order valence-electron chi connectivity index (χ2n) is 5.71. The van der Waals surface area contributed by atoms with Crippen molar-refractivity contribution < 1.29 is 5.11 Å². The van der Waals surface area contributed by atoms with Crippen LogP contribution in [-0.4, -0.2) is 42.3 Å². The Morgan fingerprint density at radius 1 is 1.29 bits per heavy atom. The Kier molecular flexibility index (Phi) is 6.68. The minimum absolute atomic E-state index is 0.303. The van der Waals surface area contributed by atoms with E-state index in [-0.39, 0.29) is 0 Å². The number of nitrogens with one attached hydrogen (secondary N) is 1. The minimum Gasteiger partial charge on any atom is -0.395 e. The standard InChI is InChI=1S/C17H25N3O/c18-12-15-5-7-16(8-6-15)13-19-9-1-2-10-20-11-3-4-17(20)14-21/h5-8,17,19,21H,1-4,9-11,13-14H2. The number of hydrogen-bond acceptors (Lipinski definition) is 4. The number of aliphatic hydroxyl groups is 1. The van der Waals surface area contributed by atoms with Gasteiger partial charge < -0.3 is 10.4 Å². The molecule has 0 aromatic heterocycles. The van der Waals surface area contributed by atoms with Gasteiger partial charge in [-0.15, -0.1) is 0 Å². The van der Waals surface area contributed by atoms with E-state index in [1.165, 1.54) is 18.4 Å². The van der Waals surface area contributed by atoms with Gasteiger partial charge >= 0.3 is 0 Å². The zero-order valence-corrected chi connectivity index (χ0v) is 12.6. The molecule has 1 saturated heterocycles. The van der Waals surface area contributed by atoms with Gasteiger partial charge in [0.2, 0.25) is 0 Å². The molecule has 1 unspecified atom stereocenters. The summed E-state index contributed by atoms with van der Waals surface area (Å²) in [5.74, 6) is 0. The first-order chi connectivity index (χ1) is 10.3. The van der Waals surface area contributed by atoms with Crippen LogP contribution in [0.1, 0.15) is 36.8 Å². The summed E-state index contributed by atoms with van der Waals surface area (Å²) in [5.41, 5.74) is 1.93. The van der Waals surface area contributed by atoms with Gasteiger partial charge in [-0.1, -0.05) is 12.1 Å². The van der Waals surface area contributed by atoms with E-state index in [1.807, 2.05) is 24.3 Å². The molecule has 0 amide bonds. The number of nitriles is 1. The number of nitrogens with zero attached hydrogens (tertiary/aromatic N) is 2. The number of rotatable bonds is 8. The Labute approximate surface area is 127 Å². The Bertz CT molecular complexity index is 452. The second-order valence-corrected chi connectivity index (χ2v) is 5.71. The normalized spacial score (nSPS) is 18.8. The van der Waals surface area contributed by atoms with Crippen molar-refractivity contribution in [2.75, 3.05) is 26.2 Å². The molecule has 1 aliphatic heterocycles. The molecule has 1 aromatic carbocycles. The average Bonchev–Trinajstić information content (AvgIpc) is 2.98. The topological polar surface area (TPSA) is 59.3 Å². The number of benzene rings is 1. The molecule has 0 radical (unpaired) electrons. The van der Waals surface area contributed by atoms with Crippen LogP contribution in [-0.2, 0) is 6.54 Å². The van der Waals surface area contributed by atoms with Gasteiger partial charge in [0.05, 0.1) is 18.2 Å². The molecule has 0 spiro atoms. The summed E-state index contributed by atoms with van der Waals surface area (Å²) >= 11 is 0. The van der Waals surface area contributed by atoms with Crippen LogP contribution in [0.15, 0.2) is 24.3 Å². The maximum absolute atomic E-state index is 9.27.